The SMILES string of the molecule is C=CCN(CCO)C(=O)c1c(N)cccc1OC. The number of aliphatic hydroxyl groups is 1. The van der Waals surface area contributed by atoms with Crippen LogP contribution < -0.4 is 10.5 Å². The number of carbonyl (C=O) groups is 1. The number of hydrogen-bond donors (Lipinski definition) is 2. The molecule has 18 heavy (non-hydrogen) atoms. The molecular formula is C13H18N2O3. The van der Waals surface area contributed by atoms with Crippen molar-refractivity contribution in [3.05, 3.63) is 36.4 Å². The van der Waals surface area contributed by atoms with Crippen molar-refractivity contribution in [2.24, 2.45) is 0 Å². The Bertz CT molecular complexity index is 432. The fourth-order valence-electron chi connectivity index (χ4n) is 1.66. The van der Waals surface area contributed by atoms with Gasteiger partial charge in [-0.15, -0.1) is 6.58 Å². The molecule has 0 saturated heterocycles. The molecule has 0 radical (unpaired) electrons. The van der Waals surface area contributed by atoms with Crippen molar-refractivity contribution in [3.8, 4) is 5.75 Å². The Labute approximate surface area is 106 Å². The van der Waals surface area contributed by atoms with Gasteiger partial charge in [0.25, 0.3) is 5.91 Å². The van der Waals surface area contributed by atoms with Gasteiger partial charge in [-0.05, 0) is 12.1 Å². The van der Waals surface area contributed by atoms with E-state index < -0.39 is 0 Å². The molecule has 0 saturated carbocycles. The van der Waals surface area contributed by atoms with Crippen LogP contribution in [-0.2, 0) is 0 Å². The van der Waals surface area contributed by atoms with Gasteiger partial charge in [0.1, 0.15) is 11.3 Å². The predicted molar refractivity (Wildman–Crippen MR) is 70.6 cm³/mol. The standard InChI is InChI=1S/C13H18N2O3/c1-3-7-15(8-9-16)13(17)12-10(14)5-4-6-11(12)18-2/h3-6,16H,1,7-9,14H2,2H3. The fraction of sp³-hybridized carbons (Fsp3) is 0.308. The van der Waals surface area contributed by atoms with Crippen LogP contribution in [0.2, 0.25) is 0 Å². The fourth-order valence-corrected chi connectivity index (χ4v) is 1.66. The van der Waals surface area contributed by atoms with Gasteiger partial charge in [-0.25, -0.2) is 0 Å². The highest BCUT2D eigenvalue weighted by Gasteiger charge is 2.20. The van der Waals surface area contributed by atoms with E-state index in [9.17, 15) is 4.79 Å². The first kappa shape index (κ1) is 14.1. The second-order valence-corrected chi connectivity index (χ2v) is 3.69. The lowest BCUT2D eigenvalue weighted by Gasteiger charge is -2.22. The van der Waals surface area contributed by atoms with Crippen molar-refractivity contribution in [3.63, 3.8) is 0 Å². The van der Waals surface area contributed by atoms with Crippen LogP contribution in [0.15, 0.2) is 30.9 Å². The third-order valence-electron chi connectivity index (χ3n) is 2.50. The van der Waals surface area contributed by atoms with E-state index in [2.05, 4.69) is 6.58 Å². The van der Waals surface area contributed by atoms with E-state index in [1.807, 2.05) is 0 Å². The Morgan fingerprint density at radius 2 is 2.33 bits per heavy atom. The minimum atomic E-state index is -0.279. The molecule has 0 fully saturated rings. The minimum Gasteiger partial charge on any atom is -0.496 e. The van der Waals surface area contributed by atoms with Crippen LogP contribution in [0.5, 0.6) is 5.75 Å². The lowest BCUT2D eigenvalue weighted by Crippen LogP contribution is -2.34. The zero-order chi connectivity index (χ0) is 13.5. The van der Waals surface area contributed by atoms with Gasteiger partial charge in [0.15, 0.2) is 0 Å². The summed E-state index contributed by atoms with van der Waals surface area (Å²) >= 11 is 0. The van der Waals surface area contributed by atoms with Crippen molar-refractivity contribution in [2.45, 2.75) is 0 Å². The minimum absolute atomic E-state index is 0.116. The molecular weight excluding hydrogens is 232 g/mol. The van der Waals surface area contributed by atoms with E-state index in [4.69, 9.17) is 15.6 Å². The maximum atomic E-state index is 12.3. The van der Waals surface area contributed by atoms with Crippen LogP contribution in [0.3, 0.4) is 0 Å². The molecule has 0 heterocycles. The number of aliphatic hydroxyl groups excluding tert-OH is 1. The van der Waals surface area contributed by atoms with Gasteiger partial charge < -0.3 is 20.5 Å². The second kappa shape index (κ2) is 6.66. The molecule has 1 rings (SSSR count). The third-order valence-corrected chi connectivity index (χ3v) is 2.50. The smallest absolute Gasteiger partial charge is 0.260 e. The molecule has 0 aromatic heterocycles. The van der Waals surface area contributed by atoms with Crippen LogP contribution in [0.1, 0.15) is 10.4 Å². The lowest BCUT2D eigenvalue weighted by molar-refractivity contribution is 0.0740. The molecule has 1 amide bonds. The van der Waals surface area contributed by atoms with E-state index in [0.29, 0.717) is 23.5 Å². The third kappa shape index (κ3) is 3.01. The number of hydrogen-bond acceptors (Lipinski definition) is 4. The average molecular weight is 250 g/mol. The number of nitrogens with zero attached hydrogens (tertiary/aromatic N) is 1. The summed E-state index contributed by atoms with van der Waals surface area (Å²) in [5.41, 5.74) is 6.48. The number of nitrogens with two attached hydrogens (primary N) is 1. The zero-order valence-electron chi connectivity index (χ0n) is 10.4. The number of carbonyl (C=O) groups excluding carboxylic acids is 1. The first-order valence-corrected chi connectivity index (χ1v) is 5.59. The van der Waals surface area contributed by atoms with Gasteiger partial charge in [0.05, 0.1) is 13.7 Å². The van der Waals surface area contributed by atoms with Crippen molar-refractivity contribution in [1.29, 1.82) is 0 Å². The van der Waals surface area contributed by atoms with Gasteiger partial charge >= 0.3 is 0 Å². The molecule has 0 spiro atoms. The molecule has 0 unspecified atom stereocenters. The molecule has 0 aliphatic heterocycles. The lowest BCUT2D eigenvalue weighted by atomic mass is 10.1. The van der Waals surface area contributed by atoms with Gasteiger partial charge in [-0.1, -0.05) is 12.1 Å². The Hall–Kier alpha value is -2.01. The Kier molecular flexibility index (Phi) is 5.20. The molecule has 0 aliphatic carbocycles. The number of nitrogen functional groups attached to an aromatic ring is 1. The van der Waals surface area contributed by atoms with Gasteiger partial charge in [0.2, 0.25) is 0 Å². The van der Waals surface area contributed by atoms with Crippen molar-refractivity contribution in [2.75, 3.05) is 32.5 Å². The zero-order valence-corrected chi connectivity index (χ0v) is 10.4. The van der Waals surface area contributed by atoms with Crippen molar-refractivity contribution in [1.82, 2.24) is 4.90 Å². The summed E-state index contributed by atoms with van der Waals surface area (Å²) in [7, 11) is 1.48. The van der Waals surface area contributed by atoms with E-state index in [0.717, 1.165) is 0 Å². The second-order valence-electron chi connectivity index (χ2n) is 3.69. The number of amides is 1. The van der Waals surface area contributed by atoms with Crippen molar-refractivity contribution < 1.29 is 14.6 Å². The topological polar surface area (TPSA) is 75.8 Å². The van der Waals surface area contributed by atoms with Gasteiger partial charge in [-0.3, -0.25) is 4.79 Å². The highest BCUT2D eigenvalue weighted by atomic mass is 16.5. The van der Waals surface area contributed by atoms with Gasteiger partial charge in [0, 0.05) is 18.8 Å². The maximum Gasteiger partial charge on any atom is 0.260 e. The summed E-state index contributed by atoms with van der Waals surface area (Å²) in [6, 6.07) is 5.03. The molecule has 0 bridgehead atoms. The van der Waals surface area contributed by atoms with Crippen molar-refractivity contribution >= 4 is 11.6 Å². The van der Waals surface area contributed by atoms with E-state index in [1.165, 1.54) is 12.0 Å². The van der Waals surface area contributed by atoms with Crippen LogP contribution in [0.4, 0.5) is 5.69 Å². The van der Waals surface area contributed by atoms with E-state index >= 15 is 0 Å². The van der Waals surface area contributed by atoms with Crippen LogP contribution in [-0.4, -0.2) is 42.7 Å². The highest BCUT2D eigenvalue weighted by Crippen LogP contribution is 2.25. The number of benzene rings is 1. The molecule has 0 aliphatic rings. The predicted octanol–water partition coefficient (Wildman–Crippen LogP) is 0.898. The quantitative estimate of drug-likeness (QED) is 0.581. The summed E-state index contributed by atoms with van der Waals surface area (Å²) in [6.07, 6.45) is 1.60. The van der Waals surface area contributed by atoms with E-state index in [-0.39, 0.29) is 19.1 Å². The molecule has 1 aromatic rings. The summed E-state index contributed by atoms with van der Waals surface area (Å²) in [6.45, 7) is 4.04. The molecule has 0 atom stereocenters. The first-order valence-electron chi connectivity index (χ1n) is 5.59. The highest BCUT2D eigenvalue weighted by molar-refractivity contribution is 6.01. The number of anilines is 1. The molecule has 3 N–H and O–H groups in total. The first-order chi connectivity index (χ1) is 8.65. The molecule has 5 nitrogen and oxygen atoms in total. The maximum absolute atomic E-state index is 12.3. The summed E-state index contributed by atoms with van der Waals surface area (Å²) in [5, 5.41) is 8.96. The number of ether oxygens (including phenoxy) is 1. The summed E-state index contributed by atoms with van der Waals surface area (Å²) in [5.74, 6) is 0.144. The van der Waals surface area contributed by atoms with Crippen LogP contribution in [0, 0.1) is 0 Å². The molecule has 5 heteroatoms. The number of rotatable bonds is 6. The largest absolute Gasteiger partial charge is 0.496 e. The normalized spacial score (nSPS) is 9.89. The Morgan fingerprint density at radius 1 is 1.61 bits per heavy atom. The number of methoxy groups -OCH3 is 1. The molecule has 98 valence electrons. The van der Waals surface area contributed by atoms with Crippen LogP contribution in [0.25, 0.3) is 0 Å². The van der Waals surface area contributed by atoms with Crippen LogP contribution >= 0.6 is 0 Å². The summed E-state index contributed by atoms with van der Waals surface area (Å²) < 4.78 is 5.14. The Morgan fingerprint density at radius 3 is 2.89 bits per heavy atom. The molecule has 1 aromatic carbocycles. The Balaban J connectivity index is 3.10. The van der Waals surface area contributed by atoms with Gasteiger partial charge in [-0.2, -0.15) is 0 Å². The monoisotopic (exact) mass is 250 g/mol. The van der Waals surface area contributed by atoms with E-state index in [1.54, 1.807) is 24.3 Å². The summed E-state index contributed by atoms with van der Waals surface area (Å²) in [4.78, 5) is 13.8. The average Bonchev–Trinajstić information content (AvgIpc) is 2.37.